The van der Waals surface area contributed by atoms with Crippen LogP contribution in [0.15, 0.2) is 41.3 Å². The van der Waals surface area contributed by atoms with E-state index < -0.39 is 15.8 Å². The molecule has 1 atom stereocenters. The van der Waals surface area contributed by atoms with Gasteiger partial charge in [-0.1, -0.05) is 0 Å². The molecule has 4 rings (SSSR count). The summed E-state index contributed by atoms with van der Waals surface area (Å²) in [6.07, 6.45) is 3.82. The Morgan fingerprint density at radius 2 is 1.97 bits per heavy atom. The minimum Gasteiger partial charge on any atom is -0.493 e. The summed E-state index contributed by atoms with van der Waals surface area (Å²) in [5, 5.41) is 0. The number of hydrogen-bond acceptors (Lipinski definition) is 4. The van der Waals surface area contributed by atoms with E-state index in [1.807, 2.05) is 4.90 Å². The number of benzene rings is 2. The molecule has 2 heterocycles. The number of carbonyl (C=O) groups excluding carboxylic acids is 1. The topological polar surface area (TPSA) is 75.7 Å². The highest BCUT2D eigenvalue weighted by molar-refractivity contribution is 7.92. The third-order valence-corrected chi connectivity index (χ3v) is 7.03. The largest absolute Gasteiger partial charge is 0.493 e. The molecule has 0 bridgehead atoms. The molecule has 2 aromatic carbocycles. The van der Waals surface area contributed by atoms with Gasteiger partial charge in [-0.2, -0.15) is 0 Å². The van der Waals surface area contributed by atoms with Crippen LogP contribution in [0.3, 0.4) is 0 Å². The van der Waals surface area contributed by atoms with Crippen LogP contribution in [0, 0.1) is 12.7 Å². The Bertz CT molecular complexity index is 1050. The van der Waals surface area contributed by atoms with Gasteiger partial charge in [0, 0.05) is 24.7 Å². The van der Waals surface area contributed by atoms with Crippen molar-refractivity contribution in [3.63, 3.8) is 0 Å². The zero-order chi connectivity index (χ0) is 20.6. The van der Waals surface area contributed by atoms with E-state index in [2.05, 4.69) is 4.72 Å². The molecular formula is C21H23FN2O4S. The SMILES string of the molecule is Cc1cc(F)ccc1S(=O)(=O)Nc1ccc2c(c1)C(=O)N1CCCCC1CCO2. The van der Waals surface area contributed by atoms with Crippen molar-refractivity contribution in [3.8, 4) is 5.75 Å². The van der Waals surface area contributed by atoms with Gasteiger partial charge in [-0.3, -0.25) is 9.52 Å². The van der Waals surface area contributed by atoms with Crippen molar-refractivity contribution in [1.82, 2.24) is 4.90 Å². The fourth-order valence-corrected chi connectivity index (χ4v) is 5.32. The highest BCUT2D eigenvalue weighted by atomic mass is 32.2. The minimum absolute atomic E-state index is 0.00989. The van der Waals surface area contributed by atoms with Crippen LogP contribution in [0.4, 0.5) is 10.1 Å². The van der Waals surface area contributed by atoms with Gasteiger partial charge in [0.05, 0.1) is 17.1 Å². The van der Waals surface area contributed by atoms with E-state index in [-0.39, 0.29) is 22.5 Å². The molecule has 8 heteroatoms. The zero-order valence-corrected chi connectivity index (χ0v) is 17.0. The second-order valence-electron chi connectivity index (χ2n) is 7.51. The molecule has 0 saturated carbocycles. The Hall–Kier alpha value is -2.61. The highest BCUT2D eigenvalue weighted by Crippen LogP contribution is 2.31. The van der Waals surface area contributed by atoms with E-state index in [4.69, 9.17) is 4.74 Å². The summed E-state index contributed by atoms with van der Waals surface area (Å²) >= 11 is 0. The lowest BCUT2D eigenvalue weighted by Crippen LogP contribution is -2.45. The number of aryl methyl sites for hydroxylation is 1. The van der Waals surface area contributed by atoms with Gasteiger partial charge in [0.2, 0.25) is 0 Å². The van der Waals surface area contributed by atoms with Gasteiger partial charge in [-0.15, -0.1) is 0 Å². The van der Waals surface area contributed by atoms with E-state index in [0.29, 0.717) is 30.0 Å². The molecule has 0 radical (unpaired) electrons. The Balaban J connectivity index is 1.66. The van der Waals surface area contributed by atoms with E-state index in [1.165, 1.54) is 25.1 Å². The normalized spacial score (nSPS) is 19.4. The van der Waals surface area contributed by atoms with Gasteiger partial charge in [0.15, 0.2) is 0 Å². The molecule has 1 fully saturated rings. The van der Waals surface area contributed by atoms with Crippen LogP contribution in [0.2, 0.25) is 0 Å². The summed E-state index contributed by atoms with van der Waals surface area (Å²) in [6, 6.07) is 8.37. The van der Waals surface area contributed by atoms with Gasteiger partial charge >= 0.3 is 0 Å². The number of halogens is 1. The van der Waals surface area contributed by atoms with Crippen molar-refractivity contribution < 1.29 is 22.3 Å². The maximum absolute atomic E-state index is 13.3. The summed E-state index contributed by atoms with van der Waals surface area (Å²) < 4.78 is 47.2. The van der Waals surface area contributed by atoms with Crippen LogP contribution in [-0.4, -0.2) is 38.4 Å². The summed E-state index contributed by atoms with van der Waals surface area (Å²) in [6.45, 7) is 2.75. The summed E-state index contributed by atoms with van der Waals surface area (Å²) in [5.74, 6) is -0.176. The average molecular weight is 418 g/mol. The number of fused-ring (bicyclic) bond motifs is 2. The maximum Gasteiger partial charge on any atom is 0.262 e. The van der Waals surface area contributed by atoms with Crippen LogP contribution in [0.5, 0.6) is 5.75 Å². The number of rotatable bonds is 3. The third kappa shape index (κ3) is 3.94. The van der Waals surface area contributed by atoms with Gasteiger partial charge in [0.1, 0.15) is 11.6 Å². The van der Waals surface area contributed by atoms with E-state index >= 15 is 0 Å². The molecule has 6 nitrogen and oxygen atoms in total. The Kier molecular flexibility index (Phi) is 5.21. The number of sulfonamides is 1. The lowest BCUT2D eigenvalue weighted by molar-refractivity contribution is 0.0548. The predicted octanol–water partition coefficient (Wildman–Crippen LogP) is 3.71. The lowest BCUT2D eigenvalue weighted by Gasteiger charge is -2.37. The van der Waals surface area contributed by atoms with Crippen LogP contribution >= 0.6 is 0 Å². The Morgan fingerprint density at radius 1 is 1.14 bits per heavy atom. The van der Waals surface area contributed by atoms with Gasteiger partial charge in [-0.25, -0.2) is 12.8 Å². The van der Waals surface area contributed by atoms with Crippen LogP contribution in [-0.2, 0) is 10.0 Å². The molecule has 0 spiro atoms. The fraction of sp³-hybridized carbons (Fsp3) is 0.381. The van der Waals surface area contributed by atoms with E-state index in [0.717, 1.165) is 31.7 Å². The number of piperidine rings is 1. The van der Waals surface area contributed by atoms with Crippen molar-refractivity contribution >= 4 is 21.6 Å². The molecule has 2 aliphatic rings. The van der Waals surface area contributed by atoms with Crippen molar-refractivity contribution in [2.75, 3.05) is 17.9 Å². The summed E-state index contributed by atoms with van der Waals surface area (Å²) in [5.41, 5.74) is 0.922. The molecule has 0 aromatic heterocycles. The molecule has 1 saturated heterocycles. The number of amides is 1. The fourth-order valence-electron chi connectivity index (χ4n) is 4.04. The van der Waals surface area contributed by atoms with Crippen molar-refractivity contribution in [3.05, 3.63) is 53.3 Å². The average Bonchev–Trinajstić information content (AvgIpc) is 2.67. The molecule has 29 heavy (non-hydrogen) atoms. The minimum atomic E-state index is -3.93. The predicted molar refractivity (Wildman–Crippen MR) is 107 cm³/mol. The molecule has 1 N–H and O–H groups in total. The second-order valence-corrected chi connectivity index (χ2v) is 9.16. The first-order valence-electron chi connectivity index (χ1n) is 9.72. The lowest BCUT2D eigenvalue weighted by atomic mass is 9.97. The Labute approximate surface area is 169 Å². The monoisotopic (exact) mass is 418 g/mol. The molecule has 1 unspecified atom stereocenters. The standard InChI is InChI=1S/C21H23FN2O4S/c1-14-12-15(22)5-8-20(14)29(26,27)23-16-6-7-19-18(13-16)21(25)24-10-3-2-4-17(24)9-11-28-19/h5-8,12-13,17,23H,2-4,9-11H2,1H3. The van der Waals surface area contributed by atoms with Crippen LogP contribution in [0.25, 0.3) is 0 Å². The molecule has 2 aromatic rings. The maximum atomic E-state index is 13.3. The number of carbonyl (C=O) groups is 1. The first-order chi connectivity index (χ1) is 13.8. The zero-order valence-electron chi connectivity index (χ0n) is 16.2. The highest BCUT2D eigenvalue weighted by Gasteiger charge is 2.31. The van der Waals surface area contributed by atoms with Crippen LogP contribution in [0.1, 0.15) is 41.6 Å². The van der Waals surface area contributed by atoms with E-state index in [1.54, 1.807) is 12.1 Å². The first kappa shape index (κ1) is 19.7. The van der Waals surface area contributed by atoms with Crippen molar-refractivity contribution in [1.29, 1.82) is 0 Å². The van der Waals surface area contributed by atoms with Gasteiger partial charge in [0.25, 0.3) is 15.9 Å². The molecular weight excluding hydrogens is 395 g/mol. The van der Waals surface area contributed by atoms with Crippen molar-refractivity contribution in [2.45, 2.75) is 43.5 Å². The number of hydrogen-bond donors (Lipinski definition) is 1. The smallest absolute Gasteiger partial charge is 0.262 e. The van der Waals surface area contributed by atoms with Gasteiger partial charge in [-0.05, 0) is 68.1 Å². The van der Waals surface area contributed by atoms with Gasteiger partial charge < -0.3 is 9.64 Å². The third-order valence-electron chi connectivity index (χ3n) is 5.49. The molecule has 2 aliphatic heterocycles. The first-order valence-corrected chi connectivity index (χ1v) is 11.2. The number of anilines is 1. The number of nitrogens with one attached hydrogen (secondary N) is 1. The van der Waals surface area contributed by atoms with Crippen LogP contribution < -0.4 is 9.46 Å². The van der Waals surface area contributed by atoms with E-state index in [9.17, 15) is 17.6 Å². The quantitative estimate of drug-likeness (QED) is 0.825. The second kappa shape index (κ2) is 7.67. The summed E-state index contributed by atoms with van der Waals surface area (Å²) in [4.78, 5) is 15.0. The molecule has 154 valence electrons. The number of ether oxygens (including phenoxy) is 1. The molecule has 1 amide bonds. The summed E-state index contributed by atoms with van der Waals surface area (Å²) in [7, 11) is -3.93. The molecule has 0 aliphatic carbocycles. The number of nitrogens with zero attached hydrogens (tertiary/aromatic N) is 1. The van der Waals surface area contributed by atoms with Crippen molar-refractivity contribution in [2.24, 2.45) is 0 Å². The Morgan fingerprint density at radius 3 is 2.76 bits per heavy atom.